The smallest absolute Gasteiger partial charge is 0.449 e. The third kappa shape index (κ3) is 2.57. The molecule has 0 aliphatic carbocycles. The van der Waals surface area contributed by atoms with Crippen molar-refractivity contribution in [2.24, 2.45) is 0 Å². The fourth-order valence-electron chi connectivity index (χ4n) is 1.02. The fourth-order valence-corrected chi connectivity index (χ4v) is 1.98. The Labute approximate surface area is 86.7 Å². The van der Waals surface area contributed by atoms with Gasteiger partial charge in [0.15, 0.2) is 0 Å². The molecule has 1 rings (SSSR count). The van der Waals surface area contributed by atoms with Crippen molar-refractivity contribution in [2.45, 2.75) is 4.90 Å². The first-order chi connectivity index (χ1) is 6.97. The molecule has 0 heterocycles. The van der Waals surface area contributed by atoms with Gasteiger partial charge in [0.25, 0.3) is 0 Å². The lowest BCUT2D eigenvalue weighted by molar-refractivity contribution is 0.147. The summed E-state index contributed by atoms with van der Waals surface area (Å²) in [4.78, 5) is 9.94. The van der Waals surface area contributed by atoms with Crippen molar-refractivity contribution in [2.75, 3.05) is 0 Å². The molecule has 0 aliphatic rings. The Morgan fingerprint density at radius 1 is 1.40 bits per heavy atom. The van der Waals surface area contributed by atoms with Crippen LogP contribution in [-0.4, -0.2) is 19.7 Å². The van der Waals surface area contributed by atoms with Crippen molar-refractivity contribution in [1.29, 1.82) is 0 Å². The van der Waals surface area contributed by atoms with Crippen LogP contribution in [0.25, 0.3) is 6.08 Å². The Hall–Kier alpha value is -1.82. The molecule has 1 aromatic rings. The molecule has 0 unspecified atom stereocenters. The number of carboxylic acid groups (broad SMARTS) is 1. The van der Waals surface area contributed by atoms with Crippen LogP contribution in [0, 0.1) is 0 Å². The molecule has 0 radical (unpaired) electrons. The van der Waals surface area contributed by atoms with E-state index in [1.165, 1.54) is 24.3 Å². The van der Waals surface area contributed by atoms with Crippen LogP contribution in [0.2, 0.25) is 0 Å². The van der Waals surface area contributed by atoms with E-state index >= 15 is 0 Å². The predicted molar refractivity (Wildman–Crippen MR) is 52.8 cm³/mol. The van der Waals surface area contributed by atoms with E-state index in [0.717, 1.165) is 0 Å². The molecule has 0 saturated heterocycles. The zero-order valence-corrected chi connectivity index (χ0v) is 8.40. The predicted octanol–water partition coefficient (Wildman–Crippen LogP) is 1.71. The van der Waals surface area contributed by atoms with Gasteiger partial charge in [0, 0.05) is 0 Å². The van der Waals surface area contributed by atoms with Crippen molar-refractivity contribution < 1.29 is 22.5 Å². The number of carbonyl (C=O) groups is 1. The van der Waals surface area contributed by atoms with Crippen LogP contribution in [0.1, 0.15) is 5.56 Å². The summed E-state index contributed by atoms with van der Waals surface area (Å²) in [6.45, 7) is 3.42. The Kier molecular flexibility index (Phi) is 3.11. The summed E-state index contributed by atoms with van der Waals surface area (Å²) >= 11 is 0. The molecule has 1 N–H and O–H groups in total. The van der Waals surface area contributed by atoms with E-state index < -0.39 is 16.3 Å². The second-order valence-corrected chi connectivity index (χ2v) is 4.06. The zero-order chi connectivity index (χ0) is 11.5. The molecule has 80 valence electrons. The first kappa shape index (κ1) is 11.3. The van der Waals surface area contributed by atoms with E-state index in [9.17, 15) is 13.2 Å². The standard InChI is InChI=1S/C9H8O5S/c1-2-7-5-3-4-6-8(7)15(12,13)14-9(10)11/h2-6H,1H2,(H,10,11). The normalized spacial score (nSPS) is 10.7. The first-order valence-electron chi connectivity index (χ1n) is 3.86. The number of hydrogen-bond donors (Lipinski definition) is 1. The third-order valence-corrected chi connectivity index (χ3v) is 2.86. The van der Waals surface area contributed by atoms with Gasteiger partial charge in [-0.1, -0.05) is 30.9 Å². The maximum Gasteiger partial charge on any atom is 0.522 e. The van der Waals surface area contributed by atoms with Crippen LogP contribution < -0.4 is 0 Å². The van der Waals surface area contributed by atoms with Crippen LogP contribution in [0.3, 0.4) is 0 Å². The quantitative estimate of drug-likeness (QED) is 0.796. The van der Waals surface area contributed by atoms with Gasteiger partial charge < -0.3 is 9.29 Å². The largest absolute Gasteiger partial charge is 0.522 e. The molecule has 0 amide bonds. The molecule has 0 aromatic heterocycles. The molecule has 0 bridgehead atoms. The molecule has 5 nitrogen and oxygen atoms in total. The maximum atomic E-state index is 11.4. The highest BCUT2D eigenvalue weighted by atomic mass is 32.2. The second-order valence-electron chi connectivity index (χ2n) is 2.55. The lowest BCUT2D eigenvalue weighted by atomic mass is 10.2. The summed E-state index contributed by atoms with van der Waals surface area (Å²) in [6.07, 6.45) is -0.563. The molecular formula is C9H8O5S. The van der Waals surface area contributed by atoms with Gasteiger partial charge in [-0.05, 0) is 11.6 Å². The molecule has 0 saturated carbocycles. The minimum absolute atomic E-state index is 0.220. The third-order valence-electron chi connectivity index (χ3n) is 1.59. The lowest BCUT2D eigenvalue weighted by Crippen LogP contribution is -2.12. The van der Waals surface area contributed by atoms with E-state index in [0.29, 0.717) is 5.56 Å². The van der Waals surface area contributed by atoms with Gasteiger partial charge in [-0.2, -0.15) is 8.42 Å². The summed E-state index contributed by atoms with van der Waals surface area (Å²) in [6, 6.07) is 5.81. The van der Waals surface area contributed by atoms with E-state index in [4.69, 9.17) is 5.11 Å². The van der Waals surface area contributed by atoms with E-state index in [1.54, 1.807) is 6.07 Å². The summed E-state index contributed by atoms with van der Waals surface area (Å²) in [5.41, 5.74) is 0.291. The van der Waals surface area contributed by atoms with Crippen molar-refractivity contribution in [3.8, 4) is 0 Å². The molecule has 0 atom stereocenters. The summed E-state index contributed by atoms with van der Waals surface area (Å²) in [7, 11) is -4.27. The first-order valence-corrected chi connectivity index (χ1v) is 5.27. The van der Waals surface area contributed by atoms with Crippen LogP contribution in [0.5, 0.6) is 0 Å². The second kappa shape index (κ2) is 4.14. The monoisotopic (exact) mass is 228 g/mol. The summed E-state index contributed by atoms with van der Waals surface area (Å²) in [5, 5.41) is 8.25. The van der Waals surface area contributed by atoms with Gasteiger partial charge in [-0.3, -0.25) is 0 Å². The molecule has 0 spiro atoms. The van der Waals surface area contributed by atoms with Gasteiger partial charge in [0.2, 0.25) is 0 Å². The minimum atomic E-state index is -4.27. The molecule has 1 aromatic carbocycles. The van der Waals surface area contributed by atoms with Crippen LogP contribution in [-0.2, 0) is 14.3 Å². The van der Waals surface area contributed by atoms with Gasteiger partial charge in [0.05, 0.1) is 0 Å². The van der Waals surface area contributed by atoms with Crippen molar-refractivity contribution >= 4 is 22.3 Å². The van der Waals surface area contributed by atoms with Crippen LogP contribution >= 0.6 is 0 Å². The Bertz CT molecular complexity index is 489. The highest BCUT2D eigenvalue weighted by Crippen LogP contribution is 2.18. The van der Waals surface area contributed by atoms with Crippen LogP contribution in [0.4, 0.5) is 4.79 Å². The fraction of sp³-hybridized carbons (Fsp3) is 0. The summed E-state index contributed by atoms with van der Waals surface area (Å²) in [5.74, 6) is 0. The molecule has 6 heteroatoms. The van der Waals surface area contributed by atoms with Gasteiger partial charge in [-0.25, -0.2) is 4.79 Å². The van der Waals surface area contributed by atoms with E-state index in [-0.39, 0.29) is 4.90 Å². The number of rotatable bonds is 3. The van der Waals surface area contributed by atoms with Crippen molar-refractivity contribution in [3.63, 3.8) is 0 Å². The Morgan fingerprint density at radius 3 is 2.53 bits per heavy atom. The highest BCUT2D eigenvalue weighted by molar-refractivity contribution is 7.87. The Morgan fingerprint density at radius 2 is 2.00 bits per heavy atom. The number of benzene rings is 1. The Balaban J connectivity index is 3.26. The van der Waals surface area contributed by atoms with Crippen LogP contribution in [0.15, 0.2) is 35.7 Å². The van der Waals surface area contributed by atoms with Gasteiger partial charge in [-0.15, -0.1) is 0 Å². The molecule has 0 fully saturated rings. The minimum Gasteiger partial charge on any atom is -0.449 e. The summed E-state index contributed by atoms with van der Waals surface area (Å²) < 4.78 is 26.6. The zero-order valence-electron chi connectivity index (χ0n) is 7.58. The molecule has 15 heavy (non-hydrogen) atoms. The SMILES string of the molecule is C=Cc1ccccc1S(=O)(=O)OC(=O)O. The topological polar surface area (TPSA) is 80.7 Å². The average Bonchev–Trinajstić information content (AvgIpc) is 2.16. The van der Waals surface area contributed by atoms with E-state index in [2.05, 4.69) is 10.8 Å². The van der Waals surface area contributed by atoms with Gasteiger partial charge in [0.1, 0.15) is 4.90 Å². The molecule has 0 aliphatic heterocycles. The average molecular weight is 228 g/mol. The van der Waals surface area contributed by atoms with E-state index in [1.807, 2.05) is 0 Å². The lowest BCUT2D eigenvalue weighted by Gasteiger charge is -2.04. The van der Waals surface area contributed by atoms with Gasteiger partial charge >= 0.3 is 16.3 Å². The number of hydrogen-bond acceptors (Lipinski definition) is 4. The van der Waals surface area contributed by atoms with Crippen molar-refractivity contribution in [3.05, 3.63) is 36.4 Å². The van der Waals surface area contributed by atoms with Crippen molar-refractivity contribution in [1.82, 2.24) is 0 Å². The highest BCUT2D eigenvalue weighted by Gasteiger charge is 2.21. The maximum absolute atomic E-state index is 11.4. The molecular weight excluding hydrogens is 220 g/mol.